The number of halogens is 3. The molecule has 0 radical (unpaired) electrons. The summed E-state index contributed by atoms with van der Waals surface area (Å²) in [5.41, 5.74) is -0.941. The molecule has 0 spiro atoms. The molecular formula is C17H15F3N2O3. The number of aromatic nitrogens is 1. The van der Waals surface area contributed by atoms with Crippen LogP contribution in [0.1, 0.15) is 21.6 Å². The van der Waals surface area contributed by atoms with Crippen molar-refractivity contribution in [2.45, 2.75) is 18.6 Å². The maximum atomic E-state index is 13.1. The van der Waals surface area contributed by atoms with Crippen LogP contribution in [0.25, 0.3) is 0 Å². The van der Waals surface area contributed by atoms with Crippen molar-refractivity contribution in [3.05, 3.63) is 65.5 Å². The van der Waals surface area contributed by atoms with Crippen LogP contribution in [0.15, 0.2) is 48.7 Å². The number of ether oxygens (including phenoxy) is 1. The van der Waals surface area contributed by atoms with Crippen molar-refractivity contribution >= 4 is 11.9 Å². The minimum absolute atomic E-state index is 0.0421. The third kappa shape index (κ3) is 4.79. The van der Waals surface area contributed by atoms with Gasteiger partial charge in [-0.15, -0.1) is 0 Å². The number of methoxy groups -OCH3 is 1. The number of alkyl halides is 3. The first kappa shape index (κ1) is 18.4. The average molecular weight is 352 g/mol. The standard InChI is InChI=1S/C17H15F3N2O3/c1-25-16(24)14(22-15(23)13-8-4-5-9-21-13)10-11-6-2-3-7-12(11)17(18,19)20/h2-9,14H,10H2,1H3,(H,22,23)/t14-/m1/s1. The van der Waals surface area contributed by atoms with Crippen LogP contribution in [0.4, 0.5) is 13.2 Å². The van der Waals surface area contributed by atoms with Crippen LogP contribution < -0.4 is 5.32 Å². The SMILES string of the molecule is COC(=O)[C@@H](Cc1ccccc1C(F)(F)F)NC(=O)c1ccccn1. The highest BCUT2D eigenvalue weighted by Gasteiger charge is 2.34. The highest BCUT2D eigenvalue weighted by molar-refractivity contribution is 5.95. The summed E-state index contributed by atoms with van der Waals surface area (Å²) in [7, 11) is 1.10. The second-order valence-electron chi connectivity index (χ2n) is 5.12. The van der Waals surface area contributed by atoms with Crippen molar-refractivity contribution in [1.29, 1.82) is 0 Å². The first-order valence-electron chi connectivity index (χ1n) is 7.27. The van der Waals surface area contributed by atoms with Gasteiger partial charge in [0.1, 0.15) is 11.7 Å². The van der Waals surface area contributed by atoms with Gasteiger partial charge in [-0.1, -0.05) is 24.3 Å². The number of nitrogens with one attached hydrogen (secondary N) is 1. The molecule has 1 aromatic carbocycles. The number of amides is 1. The predicted octanol–water partition coefficient (Wildman–Crippen LogP) is 2.61. The normalized spacial score (nSPS) is 12.3. The van der Waals surface area contributed by atoms with Gasteiger partial charge in [-0.25, -0.2) is 4.79 Å². The van der Waals surface area contributed by atoms with Crippen molar-refractivity contribution in [3.63, 3.8) is 0 Å². The zero-order valence-corrected chi connectivity index (χ0v) is 13.2. The average Bonchev–Trinajstić information content (AvgIpc) is 2.60. The second-order valence-corrected chi connectivity index (χ2v) is 5.12. The lowest BCUT2D eigenvalue weighted by molar-refractivity contribution is -0.144. The molecule has 8 heteroatoms. The van der Waals surface area contributed by atoms with Crippen LogP contribution in [-0.2, 0) is 22.1 Å². The summed E-state index contributed by atoms with van der Waals surface area (Å²) in [6.07, 6.45) is -3.54. The molecule has 25 heavy (non-hydrogen) atoms. The molecule has 132 valence electrons. The summed E-state index contributed by atoms with van der Waals surface area (Å²) in [5.74, 6) is -1.53. The molecule has 0 saturated carbocycles. The van der Waals surface area contributed by atoms with Crippen LogP contribution in [0.5, 0.6) is 0 Å². The molecule has 0 bridgehead atoms. The van der Waals surface area contributed by atoms with E-state index in [1.54, 1.807) is 12.1 Å². The van der Waals surface area contributed by atoms with Crippen LogP contribution in [0.2, 0.25) is 0 Å². The lowest BCUT2D eigenvalue weighted by Gasteiger charge is -2.19. The summed E-state index contributed by atoms with van der Waals surface area (Å²) in [5, 5.41) is 2.37. The smallest absolute Gasteiger partial charge is 0.416 e. The molecule has 2 rings (SSSR count). The van der Waals surface area contributed by atoms with Gasteiger partial charge >= 0.3 is 12.1 Å². The maximum absolute atomic E-state index is 13.1. The second kappa shape index (κ2) is 7.78. The fourth-order valence-corrected chi connectivity index (χ4v) is 2.26. The number of pyridine rings is 1. The van der Waals surface area contributed by atoms with E-state index in [0.717, 1.165) is 13.2 Å². The van der Waals surface area contributed by atoms with E-state index in [1.807, 2.05) is 0 Å². The highest BCUT2D eigenvalue weighted by Crippen LogP contribution is 2.32. The number of hydrogen-bond acceptors (Lipinski definition) is 4. The summed E-state index contributed by atoms with van der Waals surface area (Å²) < 4.78 is 43.9. The molecule has 0 fully saturated rings. The third-order valence-electron chi connectivity index (χ3n) is 3.44. The Bertz CT molecular complexity index is 748. The van der Waals surface area contributed by atoms with E-state index in [4.69, 9.17) is 0 Å². The van der Waals surface area contributed by atoms with Gasteiger partial charge in [-0.3, -0.25) is 9.78 Å². The molecule has 1 atom stereocenters. The number of carbonyl (C=O) groups is 2. The summed E-state index contributed by atoms with van der Waals surface area (Å²) in [6.45, 7) is 0. The molecule has 0 unspecified atom stereocenters. The van der Waals surface area contributed by atoms with E-state index in [0.29, 0.717) is 0 Å². The molecule has 0 saturated heterocycles. The Morgan fingerprint density at radius 3 is 2.44 bits per heavy atom. The topological polar surface area (TPSA) is 68.3 Å². The lowest BCUT2D eigenvalue weighted by Crippen LogP contribution is -2.43. The lowest BCUT2D eigenvalue weighted by atomic mass is 9.99. The van der Waals surface area contributed by atoms with Gasteiger partial charge in [0.25, 0.3) is 5.91 Å². The Balaban J connectivity index is 2.25. The molecule has 1 aromatic heterocycles. The molecule has 0 aliphatic rings. The van der Waals surface area contributed by atoms with Gasteiger partial charge in [0.2, 0.25) is 0 Å². The van der Waals surface area contributed by atoms with Crippen LogP contribution in [-0.4, -0.2) is 30.0 Å². The fourth-order valence-electron chi connectivity index (χ4n) is 2.26. The monoisotopic (exact) mass is 352 g/mol. The molecule has 2 aromatic rings. The maximum Gasteiger partial charge on any atom is 0.416 e. The molecule has 0 aliphatic carbocycles. The Kier molecular flexibility index (Phi) is 5.74. The first-order valence-corrected chi connectivity index (χ1v) is 7.27. The van der Waals surface area contributed by atoms with E-state index in [1.165, 1.54) is 30.5 Å². The zero-order valence-electron chi connectivity index (χ0n) is 13.2. The minimum atomic E-state index is -4.57. The van der Waals surface area contributed by atoms with Crippen LogP contribution in [0.3, 0.4) is 0 Å². The zero-order chi connectivity index (χ0) is 18.4. The molecular weight excluding hydrogens is 337 g/mol. The minimum Gasteiger partial charge on any atom is -0.467 e. The largest absolute Gasteiger partial charge is 0.467 e. The number of hydrogen-bond donors (Lipinski definition) is 1. The van der Waals surface area contributed by atoms with Gasteiger partial charge < -0.3 is 10.1 Å². The van der Waals surface area contributed by atoms with Crippen molar-refractivity contribution in [1.82, 2.24) is 10.3 Å². The Hall–Kier alpha value is -2.90. The Labute approximate surface area is 141 Å². The first-order chi connectivity index (χ1) is 11.8. The van der Waals surface area contributed by atoms with Crippen molar-refractivity contribution in [2.24, 2.45) is 0 Å². The van der Waals surface area contributed by atoms with Gasteiger partial charge in [0.15, 0.2) is 0 Å². The molecule has 1 amide bonds. The van der Waals surface area contributed by atoms with Crippen LogP contribution in [0, 0.1) is 0 Å². The molecule has 1 N–H and O–H groups in total. The number of esters is 1. The summed E-state index contributed by atoms with van der Waals surface area (Å²) in [6, 6.07) is 8.19. The quantitative estimate of drug-likeness (QED) is 0.840. The van der Waals surface area contributed by atoms with Gasteiger partial charge in [-0.2, -0.15) is 13.2 Å². The van der Waals surface area contributed by atoms with E-state index >= 15 is 0 Å². The predicted molar refractivity (Wildman–Crippen MR) is 82.7 cm³/mol. The number of benzene rings is 1. The molecule has 0 aliphatic heterocycles. The molecule has 5 nitrogen and oxygen atoms in total. The highest BCUT2D eigenvalue weighted by atomic mass is 19.4. The fraction of sp³-hybridized carbons (Fsp3) is 0.235. The Morgan fingerprint density at radius 1 is 1.16 bits per heavy atom. The van der Waals surface area contributed by atoms with Crippen molar-refractivity contribution in [2.75, 3.05) is 7.11 Å². The number of rotatable bonds is 5. The number of nitrogens with zero attached hydrogens (tertiary/aromatic N) is 1. The number of carbonyl (C=O) groups excluding carboxylic acids is 2. The summed E-state index contributed by atoms with van der Waals surface area (Å²) in [4.78, 5) is 27.9. The molecule has 1 heterocycles. The van der Waals surface area contributed by atoms with Crippen LogP contribution >= 0.6 is 0 Å². The van der Waals surface area contributed by atoms with Crippen molar-refractivity contribution < 1.29 is 27.5 Å². The van der Waals surface area contributed by atoms with Crippen molar-refractivity contribution in [3.8, 4) is 0 Å². The van der Waals surface area contributed by atoms with E-state index in [9.17, 15) is 22.8 Å². The van der Waals surface area contributed by atoms with E-state index < -0.39 is 29.7 Å². The Morgan fingerprint density at radius 2 is 1.84 bits per heavy atom. The van der Waals surface area contributed by atoms with E-state index in [2.05, 4.69) is 15.0 Å². The van der Waals surface area contributed by atoms with E-state index in [-0.39, 0.29) is 17.7 Å². The van der Waals surface area contributed by atoms with Gasteiger partial charge in [0.05, 0.1) is 12.7 Å². The van der Waals surface area contributed by atoms with Gasteiger partial charge in [0, 0.05) is 12.6 Å². The summed E-state index contributed by atoms with van der Waals surface area (Å²) >= 11 is 0. The third-order valence-corrected chi connectivity index (χ3v) is 3.44. The van der Waals surface area contributed by atoms with Gasteiger partial charge in [-0.05, 0) is 23.8 Å².